The van der Waals surface area contributed by atoms with Crippen LogP contribution in [0.2, 0.25) is 0 Å². The second-order valence-corrected chi connectivity index (χ2v) is 20.6. The Balaban J connectivity index is 0.000000253. The molecule has 0 spiro atoms. The highest BCUT2D eigenvalue weighted by molar-refractivity contribution is 5.30. The molecule has 0 saturated carbocycles. The van der Waals surface area contributed by atoms with Gasteiger partial charge in [0.15, 0.2) is 18.9 Å². The van der Waals surface area contributed by atoms with Gasteiger partial charge in [0.05, 0.1) is 59.5 Å². The highest BCUT2D eigenvalue weighted by Crippen LogP contribution is 2.34. The Morgan fingerprint density at radius 1 is 0.333 bits per heavy atom. The molecule has 3 aromatic rings. The van der Waals surface area contributed by atoms with Gasteiger partial charge in [-0.05, 0) is 74.9 Å². The first-order valence-electron chi connectivity index (χ1n) is 28.5. The van der Waals surface area contributed by atoms with Crippen LogP contribution in [0.3, 0.4) is 0 Å². The van der Waals surface area contributed by atoms with Crippen LogP contribution in [-0.2, 0) is 28.4 Å². The number of hydrogen-bond acceptors (Lipinski definition) is 9. The Labute approximate surface area is 457 Å². The monoisotopic (exact) mass is 1120 g/mol. The summed E-state index contributed by atoms with van der Waals surface area (Å²) in [6, 6.07) is 22.6. The number of unbranched alkanes of at least 4 members (excludes halogenated alkanes) is 12. The van der Waals surface area contributed by atoms with E-state index in [-0.39, 0.29) is 76.7 Å². The topological polar surface area (TPSA) is 83.1 Å². The summed E-state index contributed by atoms with van der Waals surface area (Å²) in [5.41, 5.74) is 2.57. The molecule has 0 amide bonds. The molecule has 3 fully saturated rings. The van der Waals surface area contributed by atoms with Gasteiger partial charge in [0.1, 0.15) is 17.2 Å². The van der Waals surface area contributed by atoms with Crippen LogP contribution in [0.15, 0.2) is 72.8 Å². The molecule has 3 aliphatic heterocycles. The normalized spacial score (nSPS) is 20.9. The number of hydrogen-bond donors (Lipinski definition) is 0. The van der Waals surface area contributed by atoms with Gasteiger partial charge in [-0.2, -0.15) is 39.5 Å². The molecule has 0 bridgehead atoms. The molecule has 78 heavy (non-hydrogen) atoms. The van der Waals surface area contributed by atoms with Gasteiger partial charge >= 0.3 is 18.5 Å². The maximum Gasteiger partial charge on any atom is 0.389 e. The maximum absolute atomic E-state index is 12.3. The number of benzene rings is 3. The van der Waals surface area contributed by atoms with Crippen molar-refractivity contribution in [3.8, 4) is 17.2 Å². The Morgan fingerprint density at radius 3 is 0.782 bits per heavy atom. The van der Waals surface area contributed by atoms with Gasteiger partial charge in [-0.15, -0.1) is 0 Å². The third-order valence-corrected chi connectivity index (χ3v) is 13.4. The van der Waals surface area contributed by atoms with Gasteiger partial charge in [0, 0.05) is 53.7 Å². The van der Waals surface area contributed by atoms with E-state index in [1.807, 2.05) is 72.8 Å². The van der Waals surface area contributed by atoms with Crippen LogP contribution < -0.4 is 14.2 Å². The average molecular weight is 1120 g/mol. The zero-order valence-corrected chi connectivity index (χ0v) is 46.2. The Kier molecular flexibility index (Phi) is 31.9. The van der Waals surface area contributed by atoms with Crippen LogP contribution in [0.4, 0.5) is 39.5 Å². The van der Waals surface area contributed by atoms with Gasteiger partial charge in [-0.25, -0.2) is 0 Å². The third kappa shape index (κ3) is 30.1. The first kappa shape index (κ1) is 66.7. The smallest absolute Gasteiger partial charge is 0.389 e. The van der Waals surface area contributed by atoms with E-state index in [1.54, 1.807) is 0 Å². The van der Waals surface area contributed by atoms with Crippen molar-refractivity contribution in [1.82, 2.24) is 0 Å². The van der Waals surface area contributed by atoms with E-state index in [0.717, 1.165) is 53.2 Å². The Morgan fingerprint density at radius 2 is 0.551 bits per heavy atom. The van der Waals surface area contributed by atoms with Crippen LogP contribution in [0, 0.1) is 17.8 Å². The van der Waals surface area contributed by atoms with E-state index >= 15 is 0 Å². The van der Waals surface area contributed by atoms with Crippen LogP contribution in [0.5, 0.6) is 17.2 Å². The molecule has 444 valence electrons. The molecule has 18 heteroatoms. The van der Waals surface area contributed by atoms with Crippen molar-refractivity contribution in [2.75, 3.05) is 59.5 Å². The maximum atomic E-state index is 12.3. The van der Waals surface area contributed by atoms with Crippen molar-refractivity contribution in [2.45, 2.75) is 193 Å². The lowest BCUT2D eigenvalue weighted by Gasteiger charge is -2.29. The standard InChI is InChI=1S/C21H31F3O3.C20H29F3O3.C19H27F3O3/c1-2-3-4-5-6-7-14-25-19-10-8-18(9-11-19)20-26-15-17(16-27-20)12-13-21(22,23)24;1-2-3-4-5-6-13-24-18-9-7-17(8-10-18)19-25-14-16(15-26-19)11-12-20(21,22)23;1-2-3-4-5-12-23-17-8-6-16(7-9-17)18-24-13-15(14-25-18)10-11-19(20,21)22/h8-11,17,20H,2-7,12-16H2,1H3;7-10,16,19H,2-6,11-15H2,1H3;6-9,15,18H,2-5,10-14H2,1H3. The molecule has 0 unspecified atom stereocenters. The number of ether oxygens (including phenoxy) is 9. The highest BCUT2D eigenvalue weighted by atomic mass is 19.4. The van der Waals surface area contributed by atoms with Crippen LogP contribution in [0.1, 0.15) is 191 Å². The summed E-state index contributed by atoms with van der Waals surface area (Å²) in [6.07, 6.45) is 1.84. The molecule has 0 aromatic heterocycles. The second kappa shape index (κ2) is 37.3. The van der Waals surface area contributed by atoms with Crippen LogP contribution in [-0.4, -0.2) is 78.0 Å². The lowest BCUT2D eigenvalue weighted by Crippen LogP contribution is -2.28. The minimum absolute atomic E-state index is 0.0427. The van der Waals surface area contributed by atoms with E-state index in [1.165, 1.54) is 77.0 Å². The van der Waals surface area contributed by atoms with E-state index in [2.05, 4.69) is 20.8 Å². The fraction of sp³-hybridized carbons (Fsp3) is 0.700. The average Bonchev–Trinajstić information content (AvgIpc) is 3.43. The van der Waals surface area contributed by atoms with Crippen molar-refractivity contribution in [3.05, 3.63) is 89.5 Å². The van der Waals surface area contributed by atoms with E-state index in [0.29, 0.717) is 19.8 Å². The van der Waals surface area contributed by atoms with Crippen molar-refractivity contribution in [2.24, 2.45) is 17.8 Å². The predicted molar refractivity (Wildman–Crippen MR) is 282 cm³/mol. The molecule has 3 saturated heterocycles. The molecule has 3 heterocycles. The summed E-state index contributed by atoms with van der Waals surface area (Å²) in [7, 11) is 0. The van der Waals surface area contributed by atoms with Crippen molar-refractivity contribution >= 4 is 0 Å². The van der Waals surface area contributed by atoms with E-state index < -0.39 is 56.7 Å². The van der Waals surface area contributed by atoms with Crippen LogP contribution in [0.25, 0.3) is 0 Å². The molecule has 9 nitrogen and oxygen atoms in total. The largest absolute Gasteiger partial charge is 0.494 e. The van der Waals surface area contributed by atoms with E-state index in [4.69, 9.17) is 42.6 Å². The summed E-state index contributed by atoms with van der Waals surface area (Å²) >= 11 is 0. The van der Waals surface area contributed by atoms with Gasteiger partial charge in [0.25, 0.3) is 0 Å². The van der Waals surface area contributed by atoms with Crippen molar-refractivity contribution in [3.63, 3.8) is 0 Å². The molecule has 0 aliphatic carbocycles. The summed E-state index contributed by atoms with van der Waals surface area (Å²) in [5, 5.41) is 0. The highest BCUT2D eigenvalue weighted by Gasteiger charge is 2.33. The van der Waals surface area contributed by atoms with Gasteiger partial charge in [-0.3, -0.25) is 0 Å². The molecule has 3 aliphatic rings. The fourth-order valence-electron chi connectivity index (χ4n) is 8.66. The van der Waals surface area contributed by atoms with Crippen molar-refractivity contribution < 1.29 is 82.1 Å². The SMILES string of the molecule is CCCCCCCCOc1ccc(C2OCC(CCC(F)(F)F)CO2)cc1.CCCCCCCOc1ccc(C2OCC(CCC(F)(F)F)CO2)cc1.CCCCCCOc1ccc(C2OCC(CCC(F)(F)F)CO2)cc1. The molecule has 0 radical (unpaired) electrons. The summed E-state index contributed by atoms with van der Waals surface area (Å²) in [5.74, 6) is 1.81. The number of rotatable bonds is 30. The Hall–Kier alpha value is -3.81. The third-order valence-electron chi connectivity index (χ3n) is 13.4. The second-order valence-electron chi connectivity index (χ2n) is 20.6. The first-order valence-corrected chi connectivity index (χ1v) is 28.5. The summed E-state index contributed by atoms with van der Waals surface area (Å²) in [6.45, 7) is 10.4. The zero-order valence-electron chi connectivity index (χ0n) is 46.2. The van der Waals surface area contributed by atoms with Crippen LogP contribution >= 0.6 is 0 Å². The lowest BCUT2D eigenvalue weighted by atomic mass is 10.0. The minimum atomic E-state index is -4.12. The number of halogens is 9. The number of alkyl halides is 9. The van der Waals surface area contributed by atoms with Gasteiger partial charge in [-0.1, -0.05) is 134 Å². The Bertz CT molecular complexity index is 1930. The summed E-state index contributed by atoms with van der Waals surface area (Å²) < 4.78 is 161. The molecule has 6 rings (SSSR count). The molecular formula is C60H87F9O9. The first-order chi connectivity index (χ1) is 37.4. The fourth-order valence-corrected chi connectivity index (χ4v) is 8.66. The van der Waals surface area contributed by atoms with Gasteiger partial charge in [0.2, 0.25) is 0 Å². The van der Waals surface area contributed by atoms with Crippen molar-refractivity contribution in [1.29, 1.82) is 0 Å². The quantitative estimate of drug-likeness (QED) is 0.0479. The zero-order chi connectivity index (χ0) is 56.5. The predicted octanol–water partition coefficient (Wildman–Crippen LogP) is 18.1. The molecule has 0 atom stereocenters. The van der Waals surface area contributed by atoms with Gasteiger partial charge < -0.3 is 42.6 Å². The van der Waals surface area contributed by atoms with E-state index in [9.17, 15) is 39.5 Å². The minimum Gasteiger partial charge on any atom is -0.494 e. The summed E-state index contributed by atoms with van der Waals surface area (Å²) in [4.78, 5) is 0. The molecule has 0 N–H and O–H groups in total. The lowest BCUT2D eigenvalue weighted by molar-refractivity contribution is -0.211. The molecular weight excluding hydrogens is 1040 g/mol. The molecule has 3 aromatic carbocycles.